The molecule has 0 saturated carbocycles. The zero-order valence-electron chi connectivity index (χ0n) is 22.8. The average molecular weight is 540 g/mol. The van der Waals surface area contributed by atoms with Crippen molar-refractivity contribution in [3.05, 3.63) is 107 Å². The minimum absolute atomic E-state index is 0.0367. The van der Waals surface area contributed by atoms with Gasteiger partial charge in [0.1, 0.15) is 0 Å². The second kappa shape index (κ2) is 12.9. The fourth-order valence-corrected chi connectivity index (χ4v) is 4.49. The Morgan fingerprint density at radius 1 is 1.02 bits per heavy atom. The second-order valence-corrected chi connectivity index (χ2v) is 9.91. The van der Waals surface area contributed by atoms with Crippen molar-refractivity contribution >= 4 is 35.4 Å². The first kappa shape index (κ1) is 28.3. The first-order valence-corrected chi connectivity index (χ1v) is 13.3. The van der Waals surface area contributed by atoms with Crippen molar-refractivity contribution in [1.82, 2.24) is 5.01 Å². The third-order valence-corrected chi connectivity index (χ3v) is 6.65. The Kier molecular flexibility index (Phi) is 9.11. The maximum Gasteiger partial charge on any atom is 0.331 e. The van der Waals surface area contributed by atoms with Gasteiger partial charge in [0.15, 0.2) is 6.61 Å². The van der Waals surface area contributed by atoms with Gasteiger partial charge in [0.2, 0.25) is 11.8 Å². The van der Waals surface area contributed by atoms with E-state index in [2.05, 4.69) is 10.4 Å². The number of carbonyl (C=O) groups is 3. The summed E-state index contributed by atoms with van der Waals surface area (Å²) in [5, 5.41) is 18.0. The average Bonchev–Trinajstić information content (AvgIpc) is 2.95. The molecular formula is C32H33N3O5. The van der Waals surface area contributed by atoms with Gasteiger partial charge in [-0.3, -0.25) is 9.59 Å². The van der Waals surface area contributed by atoms with Crippen LogP contribution in [0.1, 0.15) is 55.4 Å². The summed E-state index contributed by atoms with van der Waals surface area (Å²) < 4.78 is 5.52. The predicted molar refractivity (Wildman–Crippen MR) is 154 cm³/mol. The van der Waals surface area contributed by atoms with E-state index >= 15 is 0 Å². The standard InChI is InChI=1S/C32H33N3O5/c1-4-24(32(38)39)18-22-12-16-27(17-13-22)33-30(37)29(21(2)3)25-14-10-23(11-15-25)19-35-28(36)20-40-31(34-35)26-8-6-5-7-9-26/h5-18,21,29H,4,19-20H2,1-3H3,(H,33,37)(H,38,39). The molecule has 0 saturated heterocycles. The van der Waals surface area contributed by atoms with Gasteiger partial charge < -0.3 is 15.2 Å². The lowest BCUT2D eigenvalue weighted by molar-refractivity contribution is -0.136. The van der Waals surface area contributed by atoms with Crippen LogP contribution in [0.4, 0.5) is 5.69 Å². The van der Waals surface area contributed by atoms with E-state index in [1.54, 1.807) is 37.3 Å². The van der Waals surface area contributed by atoms with Crippen LogP contribution in [0.5, 0.6) is 0 Å². The Labute approximate surface area is 234 Å². The maximum atomic E-state index is 13.3. The van der Waals surface area contributed by atoms with E-state index in [9.17, 15) is 19.5 Å². The number of amides is 2. The Morgan fingerprint density at radius 3 is 2.30 bits per heavy atom. The molecule has 8 heteroatoms. The van der Waals surface area contributed by atoms with Gasteiger partial charge in [-0.25, -0.2) is 9.80 Å². The number of anilines is 1. The van der Waals surface area contributed by atoms with Crippen LogP contribution in [0.2, 0.25) is 0 Å². The molecule has 206 valence electrons. The molecule has 1 aliphatic heterocycles. The molecule has 0 radical (unpaired) electrons. The Hall–Kier alpha value is -4.72. The van der Waals surface area contributed by atoms with Crippen LogP contribution in [-0.4, -0.2) is 40.4 Å². The van der Waals surface area contributed by atoms with Crippen LogP contribution in [0.25, 0.3) is 6.08 Å². The number of benzene rings is 3. The maximum absolute atomic E-state index is 13.3. The summed E-state index contributed by atoms with van der Waals surface area (Å²) in [5.74, 6) is -1.24. The number of carboxylic acids is 1. The number of hydrogen-bond acceptors (Lipinski definition) is 5. The lowest BCUT2D eigenvalue weighted by atomic mass is 9.87. The number of hydrazone groups is 1. The molecule has 1 unspecified atom stereocenters. The van der Waals surface area contributed by atoms with E-state index in [0.717, 1.165) is 22.3 Å². The normalized spacial score (nSPS) is 14.4. The number of nitrogens with one attached hydrogen (secondary N) is 1. The lowest BCUT2D eigenvalue weighted by Crippen LogP contribution is -2.36. The summed E-state index contributed by atoms with van der Waals surface area (Å²) in [6, 6.07) is 24.2. The fourth-order valence-electron chi connectivity index (χ4n) is 4.49. The van der Waals surface area contributed by atoms with Gasteiger partial charge in [-0.1, -0.05) is 75.4 Å². The Bertz CT molecular complexity index is 1410. The van der Waals surface area contributed by atoms with Gasteiger partial charge in [0.25, 0.3) is 5.91 Å². The number of carboxylic acid groups (broad SMARTS) is 1. The van der Waals surface area contributed by atoms with Gasteiger partial charge >= 0.3 is 5.97 Å². The highest BCUT2D eigenvalue weighted by atomic mass is 16.5. The van der Waals surface area contributed by atoms with Crippen molar-refractivity contribution in [2.24, 2.45) is 11.0 Å². The molecule has 3 aromatic rings. The lowest BCUT2D eigenvalue weighted by Gasteiger charge is -2.24. The smallest absolute Gasteiger partial charge is 0.331 e. The molecule has 2 N–H and O–H groups in total. The minimum atomic E-state index is -0.938. The van der Waals surface area contributed by atoms with E-state index in [1.807, 2.05) is 68.4 Å². The summed E-state index contributed by atoms with van der Waals surface area (Å²) in [5.41, 5.74) is 4.27. The topological polar surface area (TPSA) is 108 Å². The van der Waals surface area contributed by atoms with Crippen LogP contribution in [0.3, 0.4) is 0 Å². The summed E-state index contributed by atoms with van der Waals surface area (Å²) in [6.07, 6.45) is 2.05. The summed E-state index contributed by atoms with van der Waals surface area (Å²) >= 11 is 0. The first-order chi connectivity index (χ1) is 19.2. The molecule has 1 aliphatic rings. The summed E-state index contributed by atoms with van der Waals surface area (Å²) in [4.78, 5) is 37.0. The molecule has 1 heterocycles. The number of hydrogen-bond donors (Lipinski definition) is 2. The highest BCUT2D eigenvalue weighted by Crippen LogP contribution is 2.27. The van der Waals surface area contributed by atoms with Crippen molar-refractivity contribution < 1.29 is 24.2 Å². The van der Waals surface area contributed by atoms with Crippen molar-refractivity contribution in [2.45, 2.75) is 39.7 Å². The van der Waals surface area contributed by atoms with E-state index in [0.29, 0.717) is 30.1 Å². The van der Waals surface area contributed by atoms with Crippen LogP contribution in [0, 0.1) is 5.92 Å². The number of ether oxygens (including phenoxy) is 1. The zero-order chi connectivity index (χ0) is 28.6. The van der Waals surface area contributed by atoms with Gasteiger partial charge in [0.05, 0.1) is 12.5 Å². The minimum Gasteiger partial charge on any atom is -0.478 e. The van der Waals surface area contributed by atoms with Gasteiger partial charge in [-0.15, -0.1) is 5.10 Å². The molecule has 40 heavy (non-hydrogen) atoms. The highest BCUT2D eigenvalue weighted by molar-refractivity contribution is 5.98. The Morgan fingerprint density at radius 2 is 1.70 bits per heavy atom. The summed E-state index contributed by atoms with van der Waals surface area (Å²) in [6.45, 7) is 6.01. The van der Waals surface area contributed by atoms with Crippen LogP contribution < -0.4 is 5.32 Å². The number of carbonyl (C=O) groups excluding carboxylic acids is 2. The molecular weight excluding hydrogens is 506 g/mol. The van der Waals surface area contributed by atoms with Crippen molar-refractivity contribution in [1.29, 1.82) is 0 Å². The monoisotopic (exact) mass is 539 g/mol. The molecule has 8 nitrogen and oxygen atoms in total. The van der Waals surface area contributed by atoms with E-state index < -0.39 is 5.97 Å². The molecule has 0 aromatic heterocycles. The van der Waals surface area contributed by atoms with Crippen molar-refractivity contribution in [2.75, 3.05) is 11.9 Å². The van der Waals surface area contributed by atoms with E-state index in [-0.39, 0.29) is 30.3 Å². The Balaban J connectivity index is 1.44. The van der Waals surface area contributed by atoms with E-state index in [1.165, 1.54) is 5.01 Å². The fraction of sp³-hybridized carbons (Fsp3) is 0.250. The number of nitrogens with zero attached hydrogens (tertiary/aromatic N) is 2. The number of rotatable bonds is 10. The molecule has 0 fully saturated rings. The molecule has 0 aliphatic carbocycles. The third-order valence-electron chi connectivity index (χ3n) is 6.65. The first-order valence-electron chi connectivity index (χ1n) is 13.3. The highest BCUT2D eigenvalue weighted by Gasteiger charge is 2.26. The predicted octanol–water partition coefficient (Wildman–Crippen LogP) is 5.66. The van der Waals surface area contributed by atoms with E-state index in [4.69, 9.17) is 4.74 Å². The molecule has 0 bridgehead atoms. The van der Waals surface area contributed by atoms with Crippen LogP contribution >= 0.6 is 0 Å². The molecule has 4 rings (SSSR count). The van der Waals surface area contributed by atoms with Gasteiger partial charge in [-0.2, -0.15) is 0 Å². The summed E-state index contributed by atoms with van der Waals surface area (Å²) in [7, 11) is 0. The van der Waals surface area contributed by atoms with Crippen molar-refractivity contribution in [3.63, 3.8) is 0 Å². The van der Waals surface area contributed by atoms with Gasteiger partial charge in [0, 0.05) is 16.8 Å². The quantitative estimate of drug-likeness (QED) is 0.323. The van der Waals surface area contributed by atoms with Crippen molar-refractivity contribution in [3.8, 4) is 0 Å². The SMILES string of the molecule is CCC(=Cc1ccc(NC(=O)C(c2ccc(CN3N=C(c4ccccc4)OCC3=O)cc2)C(C)C)cc1)C(=O)O. The molecule has 1 atom stereocenters. The third kappa shape index (κ3) is 7.02. The largest absolute Gasteiger partial charge is 0.478 e. The second-order valence-electron chi connectivity index (χ2n) is 9.91. The van der Waals surface area contributed by atoms with Crippen LogP contribution in [0.15, 0.2) is 89.5 Å². The molecule has 3 aromatic carbocycles. The molecule has 2 amide bonds. The molecule has 0 spiro atoms. The number of aliphatic carboxylic acids is 1. The van der Waals surface area contributed by atoms with Gasteiger partial charge in [-0.05, 0) is 59.4 Å². The van der Waals surface area contributed by atoms with Crippen LogP contribution in [-0.2, 0) is 25.7 Å². The zero-order valence-corrected chi connectivity index (χ0v) is 22.8.